The van der Waals surface area contributed by atoms with E-state index in [9.17, 15) is 24.3 Å². The van der Waals surface area contributed by atoms with Gasteiger partial charge in [0.1, 0.15) is 36.1 Å². The van der Waals surface area contributed by atoms with Crippen molar-refractivity contribution in [3.63, 3.8) is 0 Å². The lowest BCUT2D eigenvalue weighted by molar-refractivity contribution is -0.149. The molecule has 14 heteroatoms. The summed E-state index contributed by atoms with van der Waals surface area (Å²) in [7, 11) is 0. The molecular formula is C38H47N7O7. The molecule has 3 amide bonds. The molecule has 4 rings (SSSR count). The number of phenols is 1. The minimum absolute atomic E-state index is 0.00982. The van der Waals surface area contributed by atoms with Crippen molar-refractivity contribution in [1.29, 1.82) is 5.41 Å². The lowest BCUT2D eigenvalue weighted by Crippen LogP contribution is -2.57. The molecule has 0 spiro atoms. The van der Waals surface area contributed by atoms with Gasteiger partial charge in [0.15, 0.2) is 5.96 Å². The van der Waals surface area contributed by atoms with Crippen LogP contribution in [-0.4, -0.2) is 70.2 Å². The van der Waals surface area contributed by atoms with Crippen LogP contribution in [0.4, 0.5) is 4.79 Å². The molecule has 52 heavy (non-hydrogen) atoms. The number of alkyl carbamates (subject to hydrolysis) is 1. The van der Waals surface area contributed by atoms with E-state index in [1.807, 2.05) is 54.6 Å². The summed E-state index contributed by atoms with van der Waals surface area (Å²) in [5.41, 5.74) is 7.57. The van der Waals surface area contributed by atoms with Crippen LogP contribution in [0.2, 0.25) is 0 Å². The Morgan fingerprint density at radius 2 is 1.48 bits per heavy atom. The van der Waals surface area contributed by atoms with Crippen molar-refractivity contribution in [2.45, 2.75) is 76.8 Å². The van der Waals surface area contributed by atoms with Crippen molar-refractivity contribution in [1.82, 2.24) is 26.3 Å². The van der Waals surface area contributed by atoms with Crippen LogP contribution in [0.1, 0.15) is 50.3 Å². The van der Waals surface area contributed by atoms with Gasteiger partial charge in [-0.15, -0.1) is 0 Å². The van der Waals surface area contributed by atoms with Crippen LogP contribution >= 0.6 is 0 Å². The minimum atomic E-state index is -1.22. The van der Waals surface area contributed by atoms with E-state index in [2.05, 4.69) is 26.3 Å². The third-order valence-corrected chi connectivity index (χ3v) is 7.93. The molecule has 0 aliphatic carbocycles. The number of fused-ring (bicyclic) bond motifs is 1. The van der Waals surface area contributed by atoms with Crippen molar-refractivity contribution in [3.8, 4) is 5.75 Å². The molecular weight excluding hydrogens is 666 g/mol. The Morgan fingerprint density at radius 3 is 2.17 bits per heavy atom. The molecule has 0 aliphatic heterocycles. The number of amides is 3. The molecule has 0 saturated heterocycles. The smallest absolute Gasteiger partial charge is 0.408 e. The highest BCUT2D eigenvalue weighted by Crippen LogP contribution is 2.20. The fourth-order valence-corrected chi connectivity index (χ4v) is 5.41. The van der Waals surface area contributed by atoms with E-state index in [1.54, 1.807) is 39.1 Å². The third kappa shape index (κ3) is 12.4. The van der Waals surface area contributed by atoms with Crippen LogP contribution in [0.15, 0.2) is 85.1 Å². The Labute approximate surface area is 302 Å². The van der Waals surface area contributed by atoms with Gasteiger partial charge in [-0.3, -0.25) is 15.0 Å². The third-order valence-electron chi connectivity index (χ3n) is 7.93. The van der Waals surface area contributed by atoms with Crippen LogP contribution in [0.5, 0.6) is 5.75 Å². The van der Waals surface area contributed by atoms with E-state index in [0.717, 1.165) is 22.0 Å². The molecule has 0 saturated carbocycles. The average molecular weight is 714 g/mol. The van der Waals surface area contributed by atoms with Gasteiger partial charge >= 0.3 is 12.1 Å². The van der Waals surface area contributed by atoms with Crippen molar-refractivity contribution < 1.29 is 33.8 Å². The van der Waals surface area contributed by atoms with Crippen LogP contribution in [0.25, 0.3) is 10.9 Å². The zero-order valence-corrected chi connectivity index (χ0v) is 29.5. The first-order valence-electron chi connectivity index (χ1n) is 17.0. The quantitative estimate of drug-likeness (QED) is 0.0368. The van der Waals surface area contributed by atoms with E-state index in [0.29, 0.717) is 12.0 Å². The Kier molecular flexibility index (Phi) is 13.6. The van der Waals surface area contributed by atoms with Crippen molar-refractivity contribution in [2.24, 2.45) is 5.73 Å². The van der Waals surface area contributed by atoms with Crippen LogP contribution in [-0.2, 0) is 43.3 Å². The van der Waals surface area contributed by atoms with Gasteiger partial charge in [0.2, 0.25) is 11.8 Å². The SMILES string of the molecule is CC(C)(C)OC(=O)N[C@@H](CCCNC(=N)N)C(=O)N[C@@H](Cc1ccc(O)cc1)C(=O)N[C@@H](Cc1c[nH]c2ccccc12)C(=O)OCc1ccccc1. The van der Waals surface area contributed by atoms with Gasteiger partial charge < -0.3 is 46.6 Å². The van der Waals surface area contributed by atoms with Crippen LogP contribution in [0.3, 0.4) is 0 Å². The van der Waals surface area contributed by atoms with Crippen molar-refractivity contribution in [2.75, 3.05) is 6.54 Å². The highest BCUT2D eigenvalue weighted by Gasteiger charge is 2.32. The first-order chi connectivity index (χ1) is 24.8. The van der Waals surface area contributed by atoms with Gasteiger partial charge in [-0.25, -0.2) is 9.59 Å². The van der Waals surface area contributed by atoms with E-state index in [-0.39, 0.29) is 44.1 Å². The standard InChI is InChI=1S/C38H47N7O7/c1-38(2,3)52-37(50)45-30(14-9-19-41-36(39)40)33(47)43-31(20-24-15-17-27(46)18-16-24)34(48)44-32(35(49)51-23-25-10-5-4-6-11-25)21-26-22-42-29-13-8-7-12-28(26)29/h4-8,10-13,15-18,22,30-32,42,46H,9,14,19-21,23H2,1-3H3,(H,43,47)(H,44,48)(H,45,50)(H4,39,40,41)/t30-,31-,32-/m0/s1. The molecule has 9 N–H and O–H groups in total. The monoisotopic (exact) mass is 713 g/mol. The number of guanidine groups is 1. The first-order valence-corrected chi connectivity index (χ1v) is 17.0. The number of nitrogens with one attached hydrogen (secondary N) is 6. The Morgan fingerprint density at radius 1 is 0.827 bits per heavy atom. The minimum Gasteiger partial charge on any atom is -0.508 e. The highest BCUT2D eigenvalue weighted by atomic mass is 16.6. The molecule has 0 fully saturated rings. The maximum atomic E-state index is 14.1. The zero-order chi connectivity index (χ0) is 37.7. The van der Waals surface area contributed by atoms with Crippen LogP contribution < -0.4 is 27.0 Å². The molecule has 1 aromatic heterocycles. The predicted molar refractivity (Wildman–Crippen MR) is 196 cm³/mol. The molecule has 0 radical (unpaired) electrons. The number of para-hydroxylation sites is 1. The number of esters is 1. The largest absolute Gasteiger partial charge is 0.508 e. The number of phenolic OH excluding ortho intramolecular Hbond substituents is 1. The predicted octanol–water partition coefficient (Wildman–Crippen LogP) is 3.53. The van der Waals surface area contributed by atoms with E-state index < -0.39 is 47.6 Å². The van der Waals surface area contributed by atoms with Gasteiger partial charge in [-0.05, 0) is 68.5 Å². The fourth-order valence-electron chi connectivity index (χ4n) is 5.41. The molecule has 3 aromatic carbocycles. The highest BCUT2D eigenvalue weighted by molar-refractivity contribution is 5.93. The number of H-pyrrole nitrogens is 1. The number of ether oxygens (including phenoxy) is 2. The number of aromatic nitrogens is 1. The number of hydrogen-bond acceptors (Lipinski definition) is 8. The summed E-state index contributed by atoms with van der Waals surface area (Å²) in [6, 6.07) is 19.4. The number of benzene rings is 3. The number of aromatic amines is 1. The van der Waals surface area contributed by atoms with Crippen molar-refractivity contribution >= 4 is 40.7 Å². The summed E-state index contributed by atoms with van der Waals surface area (Å²) < 4.78 is 11.0. The summed E-state index contributed by atoms with van der Waals surface area (Å²) >= 11 is 0. The number of rotatable bonds is 16. The average Bonchev–Trinajstić information content (AvgIpc) is 3.51. The van der Waals surface area contributed by atoms with Gasteiger partial charge in [0, 0.05) is 36.5 Å². The lowest BCUT2D eigenvalue weighted by atomic mass is 10.0. The van der Waals surface area contributed by atoms with Crippen LogP contribution in [0, 0.1) is 5.41 Å². The second kappa shape index (κ2) is 18.3. The Bertz CT molecular complexity index is 1820. The topological polar surface area (TPSA) is 221 Å². The molecule has 4 aromatic rings. The van der Waals surface area contributed by atoms with Crippen molar-refractivity contribution in [3.05, 3.63) is 102 Å². The summed E-state index contributed by atoms with van der Waals surface area (Å²) in [4.78, 5) is 57.6. The molecule has 276 valence electrons. The molecule has 0 bridgehead atoms. The van der Waals surface area contributed by atoms with E-state index >= 15 is 0 Å². The molecule has 0 aliphatic rings. The number of carbonyl (C=O) groups is 4. The number of hydrogen-bond donors (Lipinski definition) is 8. The summed E-state index contributed by atoms with van der Waals surface area (Å²) in [5.74, 6) is -2.23. The molecule has 3 atom stereocenters. The van der Waals surface area contributed by atoms with Gasteiger partial charge in [0.05, 0.1) is 0 Å². The second-order valence-corrected chi connectivity index (χ2v) is 13.3. The maximum Gasteiger partial charge on any atom is 0.408 e. The molecule has 14 nitrogen and oxygen atoms in total. The number of carbonyl (C=O) groups excluding carboxylic acids is 4. The number of nitrogens with two attached hydrogens (primary N) is 1. The Hall–Kier alpha value is -6.05. The van der Waals surface area contributed by atoms with Gasteiger partial charge in [-0.2, -0.15) is 0 Å². The van der Waals surface area contributed by atoms with E-state index in [4.69, 9.17) is 20.6 Å². The fraction of sp³-hybridized carbons (Fsp3) is 0.342. The lowest BCUT2D eigenvalue weighted by Gasteiger charge is -2.26. The second-order valence-electron chi connectivity index (χ2n) is 13.3. The zero-order valence-electron chi connectivity index (χ0n) is 29.5. The van der Waals surface area contributed by atoms with Gasteiger partial charge in [-0.1, -0.05) is 60.7 Å². The van der Waals surface area contributed by atoms with E-state index in [1.165, 1.54) is 12.1 Å². The normalized spacial score (nSPS) is 12.9. The molecule has 0 unspecified atom stereocenters. The first kappa shape index (κ1) is 38.7. The molecule has 1 heterocycles. The van der Waals surface area contributed by atoms with Gasteiger partial charge in [0.25, 0.3) is 0 Å². The summed E-state index contributed by atoms with van der Waals surface area (Å²) in [6.07, 6.45) is 1.48. The summed E-state index contributed by atoms with van der Waals surface area (Å²) in [6.45, 7) is 5.31. The summed E-state index contributed by atoms with van der Waals surface area (Å²) in [5, 5.41) is 28.9. The number of aromatic hydroxyl groups is 1. The Balaban J connectivity index is 1.59. The maximum absolute atomic E-state index is 14.1.